The Labute approximate surface area is 162 Å². The van der Waals surface area contributed by atoms with Crippen molar-refractivity contribution in [2.45, 2.75) is 136 Å². The van der Waals surface area contributed by atoms with Gasteiger partial charge in [0.25, 0.3) is 0 Å². The van der Waals surface area contributed by atoms with E-state index in [0.717, 1.165) is 25.7 Å². The quantitative estimate of drug-likeness (QED) is 0.135. The second-order valence-corrected chi connectivity index (χ2v) is 7.65. The van der Waals surface area contributed by atoms with Gasteiger partial charge in [0.1, 0.15) is 0 Å². The van der Waals surface area contributed by atoms with Crippen molar-refractivity contribution in [3.8, 4) is 0 Å². The smallest absolute Gasteiger partial charge is 0.313 e. The average molecular weight is 369 g/mol. The minimum atomic E-state index is -0.336. The molecule has 0 aromatic carbocycles. The van der Waals surface area contributed by atoms with Gasteiger partial charge in [-0.15, -0.1) is 0 Å². The second kappa shape index (κ2) is 20.5. The van der Waals surface area contributed by atoms with Crippen LogP contribution in [0.4, 0.5) is 0 Å². The van der Waals surface area contributed by atoms with Crippen molar-refractivity contribution in [1.29, 1.82) is 0 Å². The number of unbranched alkanes of at least 4 members (excludes halogenated alkanes) is 15. The van der Waals surface area contributed by atoms with E-state index in [0.29, 0.717) is 12.8 Å². The molecular weight excluding hydrogens is 324 g/mol. The molecule has 3 heteroatoms. The fraction of sp³-hybridized carbons (Fsp3) is 0.913. The van der Waals surface area contributed by atoms with Crippen molar-refractivity contribution in [2.75, 3.05) is 0 Å². The molecule has 0 aromatic heterocycles. The summed E-state index contributed by atoms with van der Waals surface area (Å²) in [4.78, 5) is 23.3. The molecule has 0 saturated heterocycles. The number of rotatable bonds is 19. The Bertz CT molecular complexity index is 325. The summed E-state index contributed by atoms with van der Waals surface area (Å²) in [7, 11) is 0. The Morgan fingerprint density at radius 3 is 1.04 bits per heavy atom. The van der Waals surface area contributed by atoms with Crippen molar-refractivity contribution in [3.63, 3.8) is 0 Å². The Morgan fingerprint density at radius 1 is 0.462 bits per heavy atom. The first-order chi connectivity index (χ1) is 12.7. The Kier molecular flexibility index (Phi) is 19.8. The van der Waals surface area contributed by atoms with Gasteiger partial charge < -0.3 is 4.74 Å². The highest BCUT2D eigenvalue weighted by molar-refractivity contribution is 5.85. The third-order valence-corrected chi connectivity index (χ3v) is 4.95. The van der Waals surface area contributed by atoms with E-state index in [-0.39, 0.29) is 11.9 Å². The Hall–Kier alpha value is -0.860. The van der Waals surface area contributed by atoms with Gasteiger partial charge in [0, 0.05) is 12.8 Å². The van der Waals surface area contributed by atoms with Crippen LogP contribution < -0.4 is 0 Å². The van der Waals surface area contributed by atoms with Gasteiger partial charge in [0.05, 0.1) is 0 Å². The number of esters is 2. The fourth-order valence-electron chi connectivity index (χ4n) is 3.21. The number of ether oxygens (including phenoxy) is 1. The first kappa shape index (κ1) is 25.1. The minimum absolute atomic E-state index is 0.336. The van der Waals surface area contributed by atoms with E-state index in [1.165, 1.54) is 83.5 Å². The molecule has 0 N–H and O–H groups in total. The summed E-state index contributed by atoms with van der Waals surface area (Å²) in [5, 5.41) is 0. The lowest BCUT2D eigenvalue weighted by Gasteiger charge is -2.04. The summed E-state index contributed by atoms with van der Waals surface area (Å²) in [6, 6.07) is 0. The lowest BCUT2D eigenvalue weighted by molar-refractivity contribution is -0.159. The number of hydrogen-bond donors (Lipinski definition) is 0. The van der Waals surface area contributed by atoms with Crippen molar-refractivity contribution >= 4 is 11.9 Å². The van der Waals surface area contributed by atoms with E-state index >= 15 is 0 Å². The third-order valence-electron chi connectivity index (χ3n) is 4.95. The highest BCUT2D eigenvalue weighted by Crippen LogP contribution is 2.12. The van der Waals surface area contributed by atoms with Crippen LogP contribution >= 0.6 is 0 Å². The molecule has 0 unspecified atom stereocenters. The summed E-state index contributed by atoms with van der Waals surface area (Å²) < 4.78 is 4.90. The van der Waals surface area contributed by atoms with Gasteiger partial charge >= 0.3 is 11.9 Å². The van der Waals surface area contributed by atoms with Crippen LogP contribution in [0.5, 0.6) is 0 Å². The second-order valence-electron chi connectivity index (χ2n) is 7.65. The average Bonchev–Trinajstić information content (AvgIpc) is 2.62. The minimum Gasteiger partial charge on any atom is -0.393 e. The van der Waals surface area contributed by atoms with Crippen LogP contribution in [0, 0.1) is 0 Å². The molecule has 0 aliphatic carbocycles. The van der Waals surface area contributed by atoms with Gasteiger partial charge in [0.15, 0.2) is 0 Å². The number of carbonyl (C=O) groups excluding carboxylic acids is 2. The summed E-state index contributed by atoms with van der Waals surface area (Å²) in [6.45, 7) is 4.46. The van der Waals surface area contributed by atoms with E-state index in [9.17, 15) is 9.59 Å². The SMILES string of the molecule is CCCCCCCCCCCC(=O)OC(=O)CCCCCCCCCC. The van der Waals surface area contributed by atoms with Crippen LogP contribution in [0.3, 0.4) is 0 Å². The molecule has 0 radical (unpaired) electrons. The highest BCUT2D eigenvalue weighted by atomic mass is 16.6. The van der Waals surface area contributed by atoms with E-state index in [2.05, 4.69) is 13.8 Å². The van der Waals surface area contributed by atoms with Crippen LogP contribution in [0.1, 0.15) is 136 Å². The lowest BCUT2D eigenvalue weighted by Crippen LogP contribution is -2.11. The Balaban J connectivity index is 3.34. The van der Waals surface area contributed by atoms with Crippen LogP contribution in [-0.4, -0.2) is 11.9 Å². The van der Waals surface area contributed by atoms with Gasteiger partial charge in [-0.1, -0.05) is 110 Å². The van der Waals surface area contributed by atoms with E-state index < -0.39 is 0 Å². The molecule has 0 atom stereocenters. The number of hydrogen-bond acceptors (Lipinski definition) is 3. The van der Waals surface area contributed by atoms with E-state index in [1.807, 2.05) is 0 Å². The highest BCUT2D eigenvalue weighted by Gasteiger charge is 2.09. The summed E-state index contributed by atoms with van der Waals surface area (Å²) >= 11 is 0. The van der Waals surface area contributed by atoms with Crippen LogP contribution in [0.25, 0.3) is 0 Å². The summed E-state index contributed by atoms with van der Waals surface area (Å²) in [6.07, 6.45) is 21.3. The van der Waals surface area contributed by atoms with Crippen molar-refractivity contribution in [1.82, 2.24) is 0 Å². The molecular formula is C23H44O3. The maximum Gasteiger partial charge on any atom is 0.313 e. The van der Waals surface area contributed by atoms with E-state index in [1.54, 1.807) is 0 Å². The molecule has 0 rings (SSSR count). The van der Waals surface area contributed by atoms with Crippen molar-refractivity contribution in [2.24, 2.45) is 0 Å². The maximum atomic E-state index is 11.7. The summed E-state index contributed by atoms with van der Waals surface area (Å²) in [5.41, 5.74) is 0. The molecule has 3 nitrogen and oxygen atoms in total. The standard InChI is InChI=1S/C23H44O3/c1-3-5-7-9-11-13-15-17-19-21-23(25)26-22(24)20-18-16-14-12-10-8-6-4-2/h3-21H2,1-2H3. The molecule has 26 heavy (non-hydrogen) atoms. The van der Waals surface area contributed by atoms with Crippen LogP contribution in [0.2, 0.25) is 0 Å². The topological polar surface area (TPSA) is 43.4 Å². The van der Waals surface area contributed by atoms with Crippen LogP contribution in [0.15, 0.2) is 0 Å². The molecule has 0 spiro atoms. The van der Waals surface area contributed by atoms with E-state index in [4.69, 9.17) is 4.74 Å². The molecule has 0 aromatic rings. The predicted octanol–water partition coefficient (Wildman–Crippen LogP) is 7.51. The first-order valence-electron chi connectivity index (χ1n) is 11.4. The molecule has 0 fully saturated rings. The van der Waals surface area contributed by atoms with Crippen molar-refractivity contribution < 1.29 is 14.3 Å². The zero-order valence-electron chi connectivity index (χ0n) is 17.7. The largest absolute Gasteiger partial charge is 0.393 e. The zero-order valence-corrected chi connectivity index (χ0v) is 17.7. The van der Waals surface area contributed by atoms with Crippen LogP contribution in [-0.2, 0) is 14.3 Å². The lowest BCUT2D eigenvalue weighted by atomic mass is 10.1. The monoisotopic (exact) mass is 368 g/mol. The van der Waals surface area contributed by atoms with Gasteiger partial charge in [-0.05, 0) is 12.8 Å². The van der Waals surface area contributed by atoms with Gasteiger partial charge in [0.2, 0.25) is 0 Å². The fourth-order valence-corrected chi connectivity index (χ4v) is 3.21. The molecule has 0 saturated carbocycles. The summed E-state index contributed by atoms with van der Waals surface area (Å²) in [5.74, 6) is -0.672. The van der Waals surface area contributed by atoms with Gasteiger partial charge in [-0.2, -0.15) is 0 Å². The maximum absolute atomic E-state index is 11.7. The molecule has 0 heterocycles. The molecule has 0 aliphatic heterocycles. The molecule has 0 amide bonds. The van der Waals surface area contributed by atoms with Gasteiger partial charge in [-0.25, -0.2) is 0 Å². The third kappa shape index (κ3) is 19.5. The zero-order chi connectivity index (χ0) is 19.3. The molecule has 0 aliphatic rings. The molecule has 154 valence electrons. The Morgan fingerprint density at radius 2 is 0.731 bits per heavy atom. The van der Waals surface area contributed by atoms with Crippen molar-refractivity contribution in [3.05, 3.63) is 0 Å². The number of carbonyl (C=O) groups is 2. The first-order valence-corrected chi connectivity index (χ1v) is 11.4. The molecule has 0 bridgehead atoms. The predicted molar refractivity (Wildman–Crippen MR) is 110 cm³/mol. The normalized spacial score (nSPS) is 10.8. The van der Waals surface area contributed by atoms with Gasteiger partial charge in [-0.3, -0.25) is 9.59 Å².